The van der Waals surface area contributed by atoms with E-state index in [1.54, 1.807) is 22.1 Å². The molecule has 2 aliphatic rings. The van der Waals surface area contributed by atoms with Crippen molar-refractivity contribution in [3.63, 3.8) is 0 Å². The minimum absolute atomic E-state index is 0.0552. The third-order valence-electron chi connectivity index (χ3n) is 7.12. The molecule has 0 bridgehead atoms. The number of nitrogens with one attached hydrogen (secondary N) is 2. The predicted molar refractivity (Wildman–Crippen MR) is 155 cm³/mol. The third kappa shape index (κ3) is 4.74. The molecule has 4 heterocycles. The Morgan fingerprint density at radius 2 is 1.98 bits per heavy atom. The molecule has 2 aromatic carbocycles. The van der Waals surface area contributed by atoms with Crippen molar-refractivity contribution in [3.05, 3.63) is 71.2 Å². The van der Waals surface area contributed by atoms with Crippen molar-refractivity contribution >= 4 is 56.5 Å². The lowest BCUT2D eigenvalue weighted by Crippen LogP contribution is -2.51. The molecule has 4 aromatic rings. The first-order valence-electron chi connectivity index (χ1n) is 13.1. The van der Waals surface area contributed by atoms with Crippen molar-refractivity contribution in [3.8, 4) is 11.5 Å². The van der Waals surface area contributed by atoms with Crippen molar-refractivity contribution < 1.29 is 19.1 Å². The number of pyridine rings is 1. The summed E-state index contributed by atoms with van der Waals surface area (Å²) in [5.41, 5.74) is 8.17. The van der Waals surface area contributed by atoms with Gasteiger partial charge in [0.2, 0.25) is 5.91 Å². The van der Waals surface area contributed by atoms with Crippen LogP contribution in [0.3, 0.4) is 0 Å². The number of anilines is 3. The van der Waals surface area contributed by atoms with E-state index in [9.17, 15) is 14.4 Å². The van der Waals surface area contributed by atoms with Crippen molar-refractivity contribution in [1.82, 2.24) is 15.2 Å². The van der Waals surface area contributed by atoms with Crippen LogP contribution in [0.4, 0.5) is 21.9 Å². The van der Waals surface area contributed by atoms with E-state index in [0.29, 0.717) is 51.0 Å². The Morgan fingerprint density at radius 3 is 2.75 bits per heavy atom. The van der Waals surface area contributed by atoms with Gasteiger partial charge in [-0.1, -0.05) is 18.2 Å². The van der Waals surface area contributed by atoms with Gasteiger partial charge in [0.15, 0.2) is 0 Å². The Labute approximate surface area is 234 Å². The largest absolute Gasteiger partial charge is 0.457 e. The number of nitrogens with two attached hydrogens (primary N) is 1. The third-order valence-corrected chi connectivity index (χ3v) is 8.22. The topological polar surface area (TPSA) is 130 Å². The van der Waals surface area contributed by atoms with Crippen molar-refractivity contribution in [2.45, 2.75) is 25.8 Å². The molecule has 2 aromatic heterocycles. The summed E-state index contributed by atoms with van der Waals surface area (Å²) in [7, 11) is 0. The second-order valence-electron chi connectivity index (χ2n) is 9.80. The molecule has 6 rings (SSSR count). The highest BCUT2D eigenvalue weighted by atomic mass is 32.1. The van der Waals surface area contributed by atoms with Crippen LogP contribution in [0, 0.1) is 6.92 Å². The van der Waals surface area contributed by atoms with Crippen LogP contribution in [0.2, 0.25) is 0 Å². The molecule has 11 heteroatoms. The first-order chi connectivity index (χ1) is 19.4. The van der Waals surface area contributed by atoms with E-state index in [1.165, 1.54) is 11.3 Å². The standard InChI is InChI=1S/C29H28N6O4S/c1-17-14-20(39-19-7-3-2-4-8-19)9-10-21(17)35-22-11-12-31-28-24(22)25(33-29(35)38)26(40-28)27(37)32-18-6-5-13-34(16-18)23(36)15-30/h2-4,7-12,14,18H,5-6,13,15-16,30H2,1H3,(H,32,37)(H,33,38)/t18-/m1/s1. The van der Waals surface area contributed by atoms with Gasteiger partial charge in [0.1, 0.15) is 21.2 Å². The van der Waals surface area contributed by atoms with Crippen LogP contribution < -0.4 is 26.0 Å². The molecule has 1 fully saturated rings. The Morgan fingerprint density at radius 1 is 1.15 bits per heavy atom. The molecule has 1 saturated heterocycles. The Balaban J connectivity index is 1.29. The number of carbonyl (C=O) groups excluding carboxylic acids is 3. The lowest BCUT2D eigenvalue weighted by atomic mass is 10.1. The number of urea groups is 1. The number of hydrogen-bond donors (Lipinski definition) is 3. The van der Waals surface area contributed by atoms with Gasteiger partial charge in [0.25, 0.3) is 5.91 Å². The molecule has 0 spiro atoms. The summed E-state index contributed by atoms with van der Waals surface area (Å²) < 4.78 is 5.96. The second-order valence-corrected chi connectivity index (χ2v) is 10.8. The Hall–Kier alpha value is -4.48. The number of aryl methyl sites for hydroxylation is 1. The van der Waals surface area contributed by atoms with Crippen LogP contribution >= 0.6 is 11.3 Å². The number of benzene rings is 2. The van der Waals surface area contributed by atoms with Crippen molar-refractivity contribution in [2.24, 2.45) is 5.73 Å². The molecule has 2 aliphatic heterocycles. The molecule has 0 saturated carbocycles. The van der Waals surface area contributed by atoms with Crippen molar-refractivity contribution in [1.29, 1.82) is 0 Å². The molecule has 4 amide bonds. The van der Waals surface area contributed by atoms with Crippen molar-refractivity contribution in [2.75, 3.05) is 29.9 Å². The van der Waals surface area contributed by atoms with Gasteiger partial charge < -0.3 is 26.0 Å². The fourth-order valence-electron chi connectivity index (χ4n) is 5.25. The van der Waals surface area contributed by atoms with E-state index < -0.39 is 0 Å². The van der Waals surface area contributed by atoms with E-state index in [2.05, 4.69) is 15.6 Å². The molecule has 0 aliphatic carbocycles. The maximum absolute atomic E-state index is 13.5. The number of thiophene rings is 1. The second kappa shape index (κ2) is 10.6. The quantitative estimate of drug-likeness (QED) is 0.314. The summed E-state index contributed by atoms with van der Waals surface area (Å²) in [6.07, 6.45) is 3.18. The number of amides is 4. The SMILES string of the molecule is Cc1cc(Oc2ccccc2)ccc1N1C(=O)Nc2c(C(=O)N[C@@H]3CCCN(C(=O)CN)C3)sc3nccc1c23. The zero-order valence-corrected chi connectivity index (χ0v) is 22.7. The Kier molecular flexibility index (Phi) is 6.82. The number of nitrogens with zero attached hydrogens (tertiary/aromatic N) is 3. The summed E-state index contributed by atoms with van der Waals surface area (Å²) in [6, 6.07) is 16.3. The van der Waals surface area contributed by atoms with E-state index in [1.807, 2.05) is 55.5 Å². The zero-order valence-electron chi connectivity index (χ0n) is 21.8. The summed E-state index contributed by atoms with van der Waals surface area (Å²) in [5.74, 6) is 0.951. The summed E-state index contributed by atoms with van der Waals surface area (Å²) in [4.78, 5) is 47.8. The van der Waals surface area contributed by atoms with Gasteiger partial charge >= 0.3 is 6.03 Å². The molecule has 204 valence electrons. The fourth-order valence-corrected chi connectivity index (χ4v) is 6.27. The Bertz CT molecular complexity index is 1620. The lowest BCUT2D eigenvalue weighted by molar-refractivity contribution is -0.130. The smallest absolute Gasteiger partial charge is 0.331 e. The van der Waals surface area contributed by atoms with Gasteiger partial charge in [-0.2, -0.15) is 0 Å². The average Bonchev–Trinajstić information content (AvgIpc) is 3.33. The van der Waals surface area contributed by atoms with Gasteiger partial charge in [-0.15, -0.1) is 11.3 Å². The van der Waals surface area contributed by atoms with Gasteiger partial charge in [-0.05, 0) is 61.7 Å². The highest BCUT2D eigenvalue weighted by Crippen LogP contribution is 2.46. The van der Waals surface area contributed by atoms with E-state index in [4.69, 9.17) is 10.5 Å². The zero-order chi connectivity index (χ0) is 27.8. The van der Waals surface area contributed by atoms with Crippen LogP contribution in [0.25, 0.3) is 10.2 Å². The number of para-hydroxylation sites is 1. The van der Waals surface area contributed by atoms with Crippen LogP contribution in [0.5, 0.6) is 11.5 Å². The molecular formula is C29H28N6O4S. The fraction of sp³-hybridized carbons (Fsp3) is 0.241. The van der Waals surface area contributed by atoms with E-state index >= 15 is 0 Å². The molecule has 1 atom stereocenters. The number of likely N-dealkylation sites (tertiary alicyclic amines) is 1. The summed E-state index contributed by atoms with van der Waals surface area (Å²) in [5, 5.41) is 6.70. The maximum atomic E-state index is 13.5. The number of rotatable bonds is 6. The monoisotopic (exact) mass is 556 g/mol. The molecule has 10 nitrogen and oxygen atoms in total. The van der Waals surface area contributed by atoms with E-state index in [0.717, 1.165) is 24.2 Å². The number of ether oxygens (including phenoxy) is 1. The van der Waals surface area contributed by atoms with Gasteiger partial charge in [0, 0.05) is 25.3 Å². The molecular weight excluding hydrogens is 528 g/mol. The van der Waals surface area contributed by atoms with Crippen LogP contribution in [-0.4, -0.2) is 53.4 Å². The first-order valence-corrected chi connectivity index (χ1v) is 13.9. The number of aromatic nitrogens is 1. The molecule has 40 heavy (non-hydrogen) atoms. The summed E-state index contributed by atoms with van der Waals surface area (Å²) in [6.45, 7) is 2.91. The normalized spacial score (nSPS) is 16.6. The first kappa shape index (κ1) is 25.8. The molecule has 0 unspecified atom stereocenters. The van der Waals surface area contributed by atoms with Gasteiger partial charge in [-0.3, -0.25) is 14.5 Å². The van der Waals surface area contributed by atoms with Gasteiger partial charge in [0.05, 0.1) is 29.0 Å². The molecule has 0 radical (unpaired) electrons. The summed E-state index contributed by atoms with van der Waals surface area (Å²) >= 11 is 1.23. The lowest BCUT2D eigenvalue weighted by Gasteiger charge is -2.33. The maximum Gasteiger partial charge on any atom is 0.331 e. The number of hydrogen-bond acceptors (Lipinski definition) is 7. The minimum atomic E-state index is -0.371. The number of carbonyl (C=O) groups is 3. The highest BCUT2D eigenvalue weighted by molar-refractivity contribution is 7.21. The van der Waals surface area contributed by atoms with Crippen LogP contribution in [0.15, 0.2) is 60.8 Å². The van der Waals surface area contributed by atoms with E-state index in [-0.39, 0.29) is 30.4 Å². The van der Waals surface area contributed by atoms with Crippen LogP contribution in [-0.2, 0) is 4.79 Å². The highest BCUT2D eigenvalue weighted by Gasteiger charge is 2.34. The number of piperidine rings is 1. The van der Waals surface area contributed by atoms with Gasteiger partial charge in [-0.25, -0.2) is 9.78 Å². The molecule has 4 N–H and O–H groups in total. The minimum Gasteiger partial charge on any atom is -0.457 e. The average molecular weight is 557 g/mol. The predicted octanol–water partition coefficient (Wildman–Crippen LogP) is 4.76. The van der Waals surface area contributed by atoms with Crippen LogP contribution in [0.1, 0.15) is 28.1 Å².